The molecule has 0 aromatic carbocycles. The summed E-state index contributed by atoms with van der Waals surface area (Å²) in [5.41, 5.74) is 0.600. The molecule has 1 N–H and O–H groups in total. The van der Waals surface area contributed by atoms with Crippen molar-refractivity contribution in [1.29, 1.82) is 0 Å². The molecule has 0 saturated carbocycles. The minimum atomic E-state index is -0.235. The zero-order valence-electron chi connectivity index (χ0n) is 14.9. The van der Waals surface area contributed by atoms with Crippen molar-refractivity contribution >= 4 is 23.6 Å². The molecule has 2 amide bonds. The fourth-order valence-electron chi connectivity index (χ4n) is 3.35. The van der Waals surface area contributed by atoms with Crippen LogP contribution < -0.4 is 5.32 Å². The molecule has 0 aliphatic carbocycles. The number of nitrogens with zero attached hydrogens (tertiary/aromatic N) is 3. The van der Waals surface area contributed by atoms with E-state index in [1.807, 2.05) is 22.8 Å². The maximum absolute atomic E-state index is 12.9. The van der Waals surface area contributed by atoms with Crippen molar-refractivity contribution in [2.45, 2.75) is 43.0 Å². The maximum Gasteiger partial charge on any atom is 0.256 e. The van der Waals surface area contributed by atoms with Gasteiger partial charge >= 0.3 is 0 Å². The van der Waals surface area contributed by atoms with Gasteiger partial charge in [-0.3, -0.25) is 9.59 Å². The first-order chi connectivity index (χ1) is 12.1. The van der Waals surface area contributed by atoms with Crippen molar-refractivity contribution in [2.24, 2.45) is 0 Å². The number of aromatic nitrogens is 1. The largest absolute Gasteiger partial charge is 0.342 e. The fraction of sp³-hybridized carbons (Fsp3) is 0.611. The number of carbonyl (C=O) groups excluding carboxylic acids is 2. The quantitative estimate of drug-likeness (QED) is 0.825. The van der Waals surface area contributed by atoms with Gasteiger partial charge in [-0.15, -0.1) is 0 Å². The predicted octanol–water partition coefficient (Wildman–Crippen LogP) is 1.62. The number of piperazine rings is 1. The number of nitrogens with one attached hydrogen (secondary N) is 1. The average Bonchev–Trinajstić information content (AvgIpc) is 3.15. The number of pyridine rings is 1. The number of likely N-dealkylation sites (tertiary alicyclic amines) is 1. The summed E-state index contributed by atoms with van der Waals surface area (Å²) in [6, 6.07) is 3.90. The maximum atomic E-state index is 12.9. The summed E-state index contributed by atoms with van der Waals surface area (Å²) in [6.07, 6.45) is 3.85. The van der Waals surface area contributed by atoms with E-state index in [4.69, 9.17) is 0 Å². The van der Waals surface area contributed by atoms with Crippen LogP contribution in [0, 0.1) is 0 Å². The molecule has 1 aromatic heterocycles. The van der Waals surface area contributed by atoms with Gasteiger partial charge in [-0.05, 0) is 38.8 Å². The van der Waals surface area contributed by atoms with Crippen LogP contribution >= 0.6 is 11.8 Å². The molecular weight excluding hydrogens is 336 g/mol. The summed E-state index contributed by atoms with van der Waals surface area (Å²) in [5.74, 6) is 0.145. The van der Waals surface area contributed by atoms with Gasteiger partial charge in [0.2, 0.25) is 5.91 Å². The molecule has 0 bridgehead atoms. The summed E-state index contributed by atoms with van der Waals surface area (Å²) >= 11 is 1.39. The van der Waals surface area contributed by atoms with E-state index in [1.54, 1.807) is 12.3 Å². The van der Waals surface area contributed by atoms with Crippen LogP contribution in [-0.2, 0) is 4.79 Å². The molecule has 3 heterocycles. The molecule has 0 radical (unpaired) electrons. The van der Waals surface area contributed by atoms with Crippen LogP contribution in [-0.4, -0.2) is 70.6 Å². The van der Waals surface area contributed by atoms with Crippen LogP contribution in [0.2, 0.25) is 0 Å². The van der Waals surface area contributed by atoms with Crippen molar-refractivity contribution < 1.29 is 9.59 Å². The SMILES string of the molecule is CC1CN(C(=O)c2cccnc2SC(C)C(=O)N2CCCC2)CCN1. The highest BCUT2D eigenvalue weighted by Gasteiger charge is 2.28. The lowest BCUT2D eigenvalue weighted by Crippen LogP contribution is -2.51. The molecule has 2 unspecified atom stereocenters. The molecule has 136 valence electrons. The molecular formula is C18H26N4O2S. The summed E-state index contributed by atoms with van der Waals surface area (Å²) in [4.78, 5) is 33.7. The van der Waals surface area contributed by atoms with Crippen LogP contribution in [0.5, 0.6) is 0 Å². The smallest absolute Gasteiger partial charge is 0.256 e. The van der Waals surface area contributed by atoms with Gasteiger partial charge < -0.3 is 15.1 Å². The Kier molecular flexibility index (Phi) is 5.96. The van der Waals surface area contributed by atoms with E-state index in [0.717, 1.165) is 32.5 Å². The van der Waals surface area contributed by atoms with E-state index >= 15 is 0 Å². The molecule has 2 aliphatic heterocycles. The van der Waals surface area contributed by atoms with Crippen molar-refractivity contribution in [2.75, 3.05) is 32.7 Å². The summed E-state index contributed by atoms with van der Waals surface area (Å²) < 4.78 is 0. The highest BCUT2D eigenvalue weighted by atomic mass is 32.2. The van der Waals surface area contributed by atoms with Crippen molar-refractivity contribution in [3.05, 3.63) is 23.9 Å². The van der Waals surface area contributed by atoms with E-state index in [-0.39, 0.29) is 17.1 Å². The van der Waals surface area contributed by atoms with Crippen molar-refractivity contribution in [1.82, 2.24) is 20.1 Å². The third-order valence-corrected chi connectivity index (χ3v) is 5.82. The number of rotatable bonds is 4. The third-order valence-electron chi connectivity index (χ3n) is 4.71. The van der Waals surface area contributed by atoms with E-state index in [0.29, 0.717) is 29.7 Å². The van der Waals surface area contributed by atoms with Gasteiger partial charge in [0.1, 0.15) is 5.03 Å². The highest BCUT2D eigenvalue weighted by molar-refractivity contribution is 8.00. The van der Waals surface area contributed by atoms with E-state index in [9.17, 15) is 9.59 Å². The lowest BCUT2D eigenvalue weighted by Gasteiger charge is -2.32. The molecule has 2 saturated heterocycles. The minimum absolute atomic E-state index is 0.00442. The number of hydrogen-bond acceptors (Lipinski definition) is 5. The van der Waals surface area contributed by atoms with Gasteiger partial charge in [-0.2, -0.15) is 0 Å². The van der Waals surface area contributed by atoms with Gasteiger partial charge in [0, 0.05) is 45.0 Å². The molecule has 25 heavy (non-hydrogen) atoms. The molecule has 2 fully saturated rings. The molecule has 0 spiro atoms. The van der Waals surface area contributed by atoms with Gasteiger partial charge in [-0.1, -0.05) is 11.8 Å². The molecule has 1 aromatic rings. The Morgan fingerprint density at radius 1 is 1.28 bits per heavy atom. The fourth-order valence-corrected chi connectivity index (χ4v) is 4.34. The molecule has 6 nitrogen and oxygen atoms in total. The zero-order chi connectivity index (χ0) is 17.8. The van der Waals surface area contributed by atoms with Crippen LogP contribution in [0.4, 0.5) is 0 Å². The first-order valence-corrected chi connectivity index (χ1v) is 9.87. The average molecular weight is 362 g/mol. The summed E-state index contributed by atoms with van der Waals surface area (Å²) in [6.45, 7) is 7.87. The second-order valence-corrected chi connectivity index (χ2v) is 8.08. The van der Waals surface area contributed by atoms with Crippen molar-refractivity contribution in [3.8, 4) is 0 Å². The number of amides is 2. The third kappa shape index (κ3) is 4.33. The Balaban J connectivity index is 1.71. The molecule has 7 heteroatoms. The number of hydrogen-bond donors (Lipinski definition) is 1. The van der Waals surface area contributed by atoms with Gasteiger partial charge in [0.05, 0.1) is 10.8 Å². The Labute approximate surface area is 153 Å². The van der Waals surface area contributed by atoms with Crippen LogP contribution in [0.1, 0.15) is 37.0 Å². The lowest BCUT2D eigenvalue weighted by atomic mass is 10.2. The van der Waals surface area contributed by atoms with Gasteiger partial charge in [-0.25, -0.2) is 4.98 Å². The minimum Gasteiger partial charge on any atom is -0.342 e. The Morgan fingerprint density at radius 3 is 2.76 bits per heavy atom. The molecule has 3 rings (SSSR count). The van der Waals surface area contributed by atoms with Gasteiger partial charge in [0.25, 0.3) is 5.91 Å². The lowest BCUT2D eigenvalue weighted by molar-refractivity contribution is -0.129. The number of carbonyl (C=O) groups is 2. The Bertz CT molecular complexity index is 633. The predicted molar refractivity (Wildman–Crippen MR) is 98.7 cm³/mol. The summed E-state index contributed by atoms with van der Waals surface area (Å²) in [7, 11) is 0. The first kappa shape index (κ1) is 18.2. The normalized spacial score (nSPS) is 22.1. The van der Waals surface area contributed by atoms with E-state index < -0.39 is 0 Å². The van der Waals surface area contributed by atoms with Crippen molar-refractivity contribution in [3.63, 3.8) is 0 Å². The molecule has 2 aliphatic rings. The zero-order valence-corrected chi connectivity index (χ0v) is 15.7. The standard InChI is InChI=1S/C18H26N4O2S/c1-13-12-22(11-8-19-13)18(24)15-6-5-7-20-16(15)25-14(2)17(23)21-9-3-4-10-21/h5-7,13-14,19H,3-4,8-12H2,1-2H3. The first-order valence-electron chi connectivity index (χ1n) is 8.99. The second kappa shape index (κ2) is 8.19. The highest BCUT2D eigenvalue weighted by Crippen LogP contribution is 2.27. The summed E-state index contributed by atoms with van der Waals surface area (Å²) in [5, 5.41) is 3.76. The van der Waals surface area contributed by atoms with Crippen LogP contribution in [0.15, 0.2) is 23.4 Å². The second-order valence-electron chi connectivity index (χ2n) is 6.75. The van der Waals surface area contributed by atoms with Crippen LogP contribution in [0.3, 0.4) is 0 Å². The Hall–Kier alpha value is -1.60. The molecule has 2 atom stereocenters. The topological polar surface area (TPSA) is 65.5 Å². The van der Waals surface area contributed by atoms with E-state index in [2.05, 4.69) is 17.2 Å². The van der Waals surface area contributed by atoms with Gasteiger partial charge in [0.15, 0.2) is 0 Å². The van der Waals surface area contributed by atoms with Crippen LogP contribution in [0.25, 0.3) is 0 Å². The Morgan fingerprint density at radius 2 is 2.04 bits per heavy atom. The van der Waals surface area contributed by atoms with E-state index in [1.165, 1.54) is 11.8 Å². The monoisotopic (exact) mass is 362 g/mol. The number of thioether (sulfide) groups is 1.